The first kappa shape index (κ1) is 18.1. The molecule has 0 saturated carbocycles. The third-order valence-corrected chi connectivity index (χ3v) is 4.02. The van der Waals surface area contributed by atoms with Gasteiger partial charge in [0.1, 0.15) is 5.82 Å². The second kappa shape index (κ2) is 8.49. The van der Waals surface area contributed by atoms with Crippen molar-refractivity contribution in [1.82, 2.24) is 0 Å². The highest BCUT2D eigenvalue weighted by Crippen LogP contribution is 2.28. The monoisotopic (exact) mass is 364 g/mol. The van der Waals surface area contributed by atoms with Crippen LogP contribution in [0.2, 0.25) is 10.0 Å². The van der Waals surface area contributed by atoms with E-state index < -0.39 is 0 Å². The normalized spacial score (nSPS) is 11.1. The van der Waals surface area contributed by atoms with Crippen molar-refractivity contribution >= 4 is 58.2 Å². The molecular weight excluding hydrogens is 354 g/mol. The van der Waals surface area contributed by atoms with E-state index in [2.05, 4.69) is 4.99 Å². The lowest BCUT2D eigenvalue weighted by molar-refractivity contribution is 0.628. The molecule has 0 spiro atoms. The van der Waals surface area contributed by atoms with Crippen molar-refractivity contribution in [3.63, 3.8) is 0 Å². The van der Waals surface area contributed by atoms with E-state index >= 15 is 0 Å². The average Bonchev–Trinajstić information content (AvgIpc) is 2.41. The number of hydrogen-bond donors (Lipinski definition) is 1. The van der Waals surface area contributed by atoms with E-state index in [4.69, 9.17) is 28.9 Å². The molecule has 0 aromatic heterocycles. The summed E-state index contributed by atoms with van der Waals surface area (Å²) < 4.78 is 12.8. The van der Waals surface area contributed by atoms with Crippen LogP contribution in [-0.4, -0.2) is 5.17 Å². The standard InChI is InChI=1S/C14H11Cl2FN2S.ClH/c15-12-2-1-3-13(16)11(12)8-20-14(18)19-10-6-4-9(17)5-7-10;/h1-7H,8H2,(H2,18,19);1H. The zero-order valence-electron chi connectivity index (χ0n) is 10.7. The minimum Gasteiger partial charge on any atom is -0.378 e. The fourth-order valence-corrected chi connectivity index (χ4v) is 2.95. The van der Waals surface area contributed by atoms with Gasteiger partial charge in [0.15, 0.2) is 5.17 Å². The van der Waals surface area contributed by atoms with Gasteiger partial charge in [0.25, 0.3) is 0 Å². The Balaban J connectivity index is 0.00000220. The number of amidine groups is 1. The predicted octanol–water partition coefficient (Wildman–Crippen LogP) is 5.43. The fourth-order valence-electron chi connectivity index (χ4n) is 1.49. The zero-order chi connectivity index (χ0) is 14.5. The first-order valence-electron chi connectivity index (χ1n) is 5.71. The number of aliphatic imine (C=N–C) groups is 1. The van der Waals surface area contributed by atoms with Crippen molar-refractivity contribution in [3.8, 4) is 0 Å². The van der Waals surface area contributed by atoms with Gasteiger partial charge in [-0.3, -0.25) is 0 Å². The highest BCUT2D eigenvalue weighted by Gasteiger charge is 2.06. The minimum atomic E-state index is -0.307. The Hall–Kier alpha value is -0.940. The van der Waals surface area contributed by atoms with E-state index in [0.29, 0.717) is 26.7 Å². The second-order valence-corrected chi connectivity index (χ2v) is 5.73. The Morgan fingerprint density at radius 2 is 1.67 bits per heavy atom. The molecule has 2 aromatic carbocycles. The van der Waals surface area contributed by atoms with Gasteiger partial charge in [-0.15, -0.1) is 12.4 Å². The van der Waals surface area contributed by atoms with Gasteiger partial charge in [0, 0.05) is 15.8 Å². The van der Waals surface area contributed by atoms with Gasteiger partial charge in [0.2, 0.25) is 0 Å². The molecule has 0 atom stereocenters. The molecule has 0 saturated heterocycles. The molecule has 0 bridgehead atoms. The Bertz CT molecular complexity index is 612. The molecule has 0 fully saturated rings. The largest absolute Gasteiger partial charge is 0.378 e. The summed E-state index contributed by atoms with van der Waals surface area (Å²) in [5.41, 5.74) is 7.24. The van der Waals surface area contributed by atoms with Crippen molar-refractivity contribution in [2.45, 2.75) is 5.75 Å². The summed E-state index contributed by atoms with van der Waals surface area (Å²) in [5, 5.41) is 1.56. The van der Waals surface area contributed by atoms with E-state index in [1.807, 2.05) is 0 Å². The highest BCUT2D eigenvalue weighted by molar-refractivity contribution is 8.13. The third-order valence-electron chi connectivity index (χ3n) is 2.49. The van der Waals surface area contributed by atoms with Crippen molar-refractivity contribution in [3.05, 3.63) is 63.9 Å². The Kier molecular flexibility index (Phi) is 7.32. The topological polar surface area (TPSA) is 38.4 Å². The summed E-state index contributed by atoms with van der Waals surface area (Å²) in [4.78, 5) is 4.18. The number of thioether (sulfide) groups is 1. The number of benzene rings is 2. The second-order valence-electron chi connectivity index (χ2n) is 3.92. The van der Waals surface area contributed by atoms with E-state index in [-0.39, 0.29) is 18.2 Å². The maximum absolute atomic E-state index is 12.8. The summed E-state index contributed by atoms with van der Waals surface area (Å²) >= 11 is 13.5. The smallest absolute Gasteiger partial charge is 0.159 e. The number of halogens is 4. The summed E-state index contributed by atoms with van der Waals surface area (Å²) in [6.45, 7) is 0. The lowest BCUT2D eigenvalue weighted by atomic mass is 10.2. The maximum Gasteiger partial charge on any atom is 0.159 e. The van der Waals surface area contributed by atoms with Crippen LogP contribution in [0.1, 0.15) is 5.56 Å². The summed E-state index contributed by atoms with van der Waals surface area (Å²) in [7, 11) is 0. The van der Waals surface area contributed by atoms with Gasteiger partial charge in [0.05, 0.1) is 5.69 Å². The van der Waals surface area contributed by atoms with E-state index in [0.717, 1.165) is 5.56 Å². The molecule has 2 N–H and O–H groups in total. The molecule has 2 rings (SSSR count). The SMILES string of the molecule is Cl.NC(=Nc1ccc(F)cc1)SCc1c(Cl)cccc1Cl. The number of rotatable bonds is 3. The van der Waals surface area contributed by atoms with Crippen molar-refractivity contribution in [2.24, 2.45) is 10.7 Å². The van der Waals surface area contributed by atoms with Crippen LogP contribution < -0.4 is 5.73 Å². The van der Waals surface area contributed by atoms with Crippen molar-refractivity contribution < 1.29 is 4.39 Å². The minimum absolute atomic E-state index is 0. The Morgan fingerprint density at radius 1 is 1.10 bits per heavy atom. The number of nitrogens with two attached hydrogens (primary N) is 1. The molecule has 112 valence electrons. The first-order valence-corrected chi connectivity index (χ1v) is 7.46. The molecule has 0 unspecified atom stereocenters. The molecule has 0 aliphatic rings. The van der Waals surface area contributed by atoms with Crippen LogP contribution in [0, 0.1) is 5.82 Å². The van der Waals surface area contributed by atoms with Crippen LogP contribution in [0.3, 0.4) is 0 Å². The van der Waals surface area contributed by atoms with Gasteiger partial charge < -0.3 is 5.73 Å². The fraction of sp³-hybridized carbons (Fsp3) is 0.0714. The summed E-state index contributed by atoms with van der Waals surface area (Å²) in [6.07, 6.45) is 0. The average molecular weight is 366 g/mol. The molecule has 2 nitrogen and oxygen atoms in total. The lowest BCUT2D eigenvalue weighted by Gasteiger charge is -2.06. The lowest BCUT2D eigenvalue weighted by Crippen LogP contribution is -2.06. The van der Waals surface area contributed by atoms with Crippen LogP contribution in [0.15, 0.2) is 47.5 Å². The predicted molar refractivity (Wildman–Crippen MR) is 92.7 cm³/mol. The van der Waals surface area contributed by atoms with Crippen LogP contribution in [0.4, 0.5) is 10.1 Å². The van der Waals surface area contributed by atoms with E-state index in [9.17, 15) is 4.39 Å². The van der Waals surface area contributed by atoms with E-state index in [1.54, 1.807) is 30.3 Å². The summed E-state index contributed by atoms with van der Waals surface area (Å²) in [6, 6.07) is 11.1. The van der Waals surface area contributed by atoms with Crippen LogP contribution in [0.25, 0.3) is 0 Å². The molecule has 2 aromatic rings. The molecule has 21 heavy (non-hydrogen) atoms. The third kappa shape index (κ3) is 5.40. The molecular formula is C14H12Cl3FN2S. The number of hydrogen-bond acceptors (Lipinski definition) is 2. The molecule has 7 heteroatoms. The van der Waals surface area contributed by atoms with Gasteiger partial charge in [-0.1, -0.05) is 41.0 Å². The van der Waals surface area contributed by atoms with Crippen molar-refractivity contribution in [2.75, 3.05) is 0 Å². The number of nitrogens with zero attached hydrogens (tertiary/aromatic N) is 1. The van der Waals surface area contributed by atoms with E-state index in [1.165, 1.54) is 23.9 Å². The van der Waals surface area contributed by atoms with Gasteiger partial charge in [-0.05, 0) is 42.0 Å². The highest BCUT2D eigenvalue weighted by atomic mass is 35.5. The molecule has 0 amide bonds. The van der Waals surface area contributed by atoms with Gasteiger partial charge >= 0.3 is 0 Å². The van der Waals surface area contributed by atoms with Gasteiger partial charge in [-0.25, -0.2) is 9.38 Å². The van der Waals surface area contributed by atoms with Gasteiger partial charge in [-0.2, -0.15) is 0 Å². The zero-order valence-corrected chi connectivity index (χ0v) is 13.9. The molecule has 0 aliphatic heterocycles. The Morgan fingerprint density at radius 3 is 2.24 bits per heavy atom. The summed E-state index contributed by atoms with van der Waals surface area (Å²) in [5.74, 6) is 0.215. The maximum atomic E-state index is 12.8. The quantitative estimate of drug-likeness (QED) is 0.581. The molecule has 0 heterocycles. The van der Waals surface area contributed by atoms with Crippen LogP contribution >= 0.6 is 47.4 Å². The van der Waals surface area contributed by atoms with Crippen LogP contribution in [0.5, 0.6) is 0 Å². The molecule has 0 aliphatic carbocycles. The molecule has 0 radical (unpaired) electrons. The first-order chi connectivity index (χ1) is 9.56. The van der Waals surface area contributed by atoms with Crippen LogP contribution in [-0.2, 0) is 5.75 Å². The Labute approximate surface area is 143 Å². The van der Waals surface area contributed by atoms with Crippen molar-refractivity contribution in [1.29, 1.82) is 0 Å².